The molecule has 0 aromatic rings. The average molecular weight is 399 g/mol. The van der Waals surface area contributed by atoms with Crippen molar-refractivity contribution in [2.24, 2.45) is 35.5 Å². The summed E-state index contributed by atoms with van der Waals surface area (Å²) in [5, 5.41) is 32.0. The molecule has 0 spiro atoms. The van der Waals surface area contributed by atoms with E-state index in [2.05, 4.69) is 6.58 Å². The molecule has 0 aromatic carbocycles. The van der Waals surface area contributed by atoms with Crippen molar-refractivity contribution in [2.75, 3.05) is 0 Å². The minimum Gasteiger partial charge on any atom is -0.461 e. The van der Waals surface area contributed by atoms with E-state index in [1.165, 1.54) is 0 Å². The summed E-state index contributed by atoms with van der Waals surface area (Å²) in [7, 11) is 0. The van der Waals surface area contributed by atoms with Crippen LogP contribution in [0.3, 0.4) is 0 Å². The number of hydrogen-bond donors (Lipinski definition) is 3. The second kappa shape index (κ2) is 10.5. The number of carbonyl (C=O) groups is 2. The van der Waals surface area contributed by atoms with E-state index in [0.717, 1.165) is 0 Å². The first-order valence-corrected chi connectivity index (χ1v) is 10.3. The van der Waals surface area contributed by atoms with Gasteiger partial charge in [0, 0.05) is 30.1 Å². The van der Waals surface area contributed by atoms with Gasteiger partial charge in [0.05, 0.1) is 24.2 Å². The molecule has 0 aliphatic carbocycles. The van der Waals surface area contributed by atoms with Crippen LogP contribution in [0.15, 0.2) is 12.7 Å². The molecule has 0 bridgehead atoms. The fraction of sp³-hybridized carbons (Fsp3) is 0.818. The molecule has 1 fully saturated rings. The van der Waals surface area contributed by atoms with Crippen molar-refractivity contribution in [3.63, 3.8) is 0 Å². The van der Waals surface area contributed by atoms with Gasteiger partial charge in [-0.15, -0.1) is 6.58 Å². The lowest BCUT2D eigenvalue weighted by Gasteiger charge is -2.35. The van der Waals surface area contributed by atoms with Crippen LogP contribution in [-0.2, 0) is 14.3 Å². The maximum Gasteiger partial charge on any atom is 0.311 e. The first kappa shape index (κ1) is 24.8. The number of cyclic esters (lactones) is 1. The smallest absolute Gasteiger partial charge is 0.311 e. The predicted molar refractivity (Wildman–Crippen MR) is 107 cm³/mol. The lowest BCUT2D eigenvalue weighted by Crippen LogP contribution is -2.45. The molecule has 0 aromatic heterocycles. The van der Waals surface area contributed by atoms with E-state index in [-0.39, 0.29) is 17.6 Å². The van der Waals surface area contributed by atoms with Gasteiger partial charge in [0.1, 0.15) is 11.9 Å². The summed E-state index contributed by atoms with van der Waals surface area (Å²) in [5.74, 6) is -3.73. The second-order valence-corrected chi connectivity index (χ2v) is 8.78. The highest BCUT2D eigenvalue weighted by Crippen LogP contribution is 2.31. The molecule has 0 amide bonds. The molecular formula is C22H38O6. The van der Waals surface area contributed by atoms with E-state index in [0.29, 0.717) is 12.8 Å². The molecular weight excluding hydrogens is 360 g/mol. The molecule has 162 valence electrons. The minimum absolute atomic E-state index is 0.0827. The number of ketones is 1. The third kappa shape index (κ3) is 5.65. The molecule has 1 saturated heterocycles. The zero-order chi connectivity index (χ0) is 21.8. The van der Waals surface area contributed by atoms with Gasteiger partial charge in [0.15, 0.2) is 0 Å². The molecule has 3 N–H and O–H groups in total. The van der Waals surface area contributed by atoms with Crippen LogP contribution in [0.1, 0.15) is 54.4 Å². The average Bonchev–Trinajstić information content (AvgIpc) is 2.67. The Morgan fingerprint density at radius 1 is 0.929 bits per heavy atom. The van der Waals surface area contributed by atoms with E-state index >= 15 is 0 Å². The summed E-state index contributed by atoms with van der Waals surface area (Å²) in [5.41, 5.74) is 0. The van der Waals surface area contributed by atoms with Crippen LogP contribution in [0.5, 0.6) is 0 Å². The first-order valence-electron chi connectivity index (χ1n) is 10.3. The molecule has 10 atom stereocenters. The molecule has 1 rings (SSSR count). The van der Waals surface area contributed by atoms with Crippen molar-refractivity contribution in [3.8, 4) is 0 Å². The van der Waals surface area contributed by atoms with Gasteiger partial charge in [-0.1, -0.05) is 40.7 Å². The van der Waals surface area contributed by atoms with E-state index in [9.17, 15) is 24.9 Å². The summed E-state index contributed by atoms with van der Waals surface area (Å²) < 4.78 is 5.60. The van der Waals surface area contributed by atoms with Crippen LogP contribution in [0.4, 0.5) is 0 Å². The molecule has 6 heteroatoms. The van der Waals surface area contributed by atoms with Gasteiger partial charge in [-0.2, -0.15) is 0 Å². The third-order valence-corrected chi connectivity index (χ3v) is 6.51. The second-order valence-electron chi connectivity index (χ2n) is 8.78. The lowest BCUT2D eigenvalue weighted by molar-refractivity contribution is -0.165. The molecule has 28 heavy (non-hydrogen) atoms. The molecule has 1 aliphatic rings. The number of rotatable bonds is 2. The van der Waals surface area contributed by atoms with Crippen molar-refractivity contribution < 1.29 is 29.6 Å². The van der Waals surface area contributed by atoms with Gasteiger partial charge in [0.2, 0.25) is 0 Å². The number of hydrogen-bond acceptors (Lipinski definition) is 6. The normalized spacial score (nSPS) is 44.5. The Morgan fingerprint density at radius 2 is 1.46 bits per heavy atom. The highest BCUT2D eigenvalue weighted by Gasteiger charge is 2.40. The summed E-state index contributed by atoms with van der Waals surface area (Å²) in [6.07, 6.45) is -1.20. The van der Waals surface area contributed by atoms with E-state index in [4.69, 9.17) is 4.74 Å². The number of esters is 1. The number of ether oxygens (including phenoxy) is 1. The van der Waals surface area contributed by atoms with Crippen LogP contribution in [0.2, 0.25) is 0 Å². The molecule has 0 saturated carbocycles. The van der Waals surface area contributed by atoms with Gasteiger partial charge < -0.3 is 20.1 Å². The third-order valence-electron chi connectivity index (χ3n) is 6.51. The minimum atomic E-state index is -1.08. The van der Waals surface area contributed by atoms with E-state index in [1.807, 2.05) is 6.92 Å². The van der Waals surface area contributed by atoms with Gasteiger partial charge >= 0.3 is 5.97 Å². The van der Waals surface area contributed by atoms with Gasteiger partial charge in [0.25, 0.3) is 0 Å². The molecule has 0 radical (unpaired) electrons. The van der Waals surface area contributed by atoms with Gasteiger partial charge in [-0.05, 0) is 19.3 Å². The lowest BCUT2D eigenvalue weighted by atomic mass is 9.77. The fourth-order valence-electron chi connectivity index (χ4n) is 4.21. The van der Waals surface area contributed by atoms with Crippen LogP contribution in [-0.4, -0.2) is 51.5 Å². The molecule has 1 aliphatic heterocycles. The Kier molecular flexibility index (Phi) is 9.31. The Balaban J connectivity index is 3.27. The van der Waals surface area contributed by atoms with Crippen LogP contribution >= 0.6 is 0 Å². The maximum atomic E-state index is 12.8. The highest BCUT2D eigenvalue weighted by molar-refractivity contribution is 5.83. The standard InChI is InChI=1S/C22H38O6/c1-8-9-17-13(4)20(25)14(5)18(23)11(2)10-12(3)19(24)15(6)21(26)16(7)22(27)28-17/h8,11-17,19-21,24-26H,1,9-10H2,2-7H3/t11-,12+,13+,14+,15-,16-,17-,19+,20+,21+/m1/s1. The Bertz CT molecular complexity index is 547. The fourth-order valence-corrected chi connectivity index (χ4v) is 4.21. The summed E-state index contributed by atoms with van der Waals surface area (Å²) in [4.78, 5) is 25.4. The molecule has 0 unspecified atom stereocenters. The highest BCUT2D eigenvalue weighted by atomic mass is 16.5. The summed E-state index contributed by atoms with van der Waals surface area (Å²) >= 11 is 0. The number of aliphatic hydroxyl groups is 3. The first-order chi connectivity index (χ1) is 12.9. The molecule has 6 nitrogen and oxygen atoms in total. The largest absolute Gasteiger partial charge is 0.461 e. The number of carbonyl (C=O) groups excluding carboxylic acids is 2. The Morgan fingerprint density at radius 3 is 2.00 bits per heavy atom. The topological polar surface area (TPSA) is 104 Å². The predicted octanol–water partition coefficient (Wildman–Crippen LogP) is 2.35. The van der Waals surface area contributed by atoms with Crippen molar-refractivity contribution in [1.82, 2.24) is 0 Å². The van der Waals surface area contributed by atoms with E-state index in [1.54, 1.807) is 40.7 Å². The van der Waals surface area contributed by atoms with Crippen molar-refractivity contribution in [1.29, 1.82) is 0 Å². The van der Waals surface area contributed by atoms with Crippen LogP contribution in [0, 0.1) is 35.5 Å². The van der Waals surface area contributed by atoms with Crippen LogP contribution in [0.25, 0.3) is 0 Å². The van der Waals surface area contributed by atoms with E-state index < -0.39 is 54.1 Å². The maximum absolute atomic E-state index is 12.8. The van der Waals surface area contributed by atoms with Crippen molar-refractivity contribution in [2.45, 2.75) is 78.8 Å². The monoisotopic (exact) mass is 398 g/mol. The summed E-state index contributed by atoms with van der Waals surface area (Å²) in [6, 6.07) is 0. The van der Waals surface area contributed by atoms with Crippen molar-refractivity contribution >= 4 is 11.8 Å². The molecule has 1 heterocycles. The van der Waals surface area contributed by atoms with Gasteiger partial charge in [-0.25, -0.2) is 0 Å². The zero-order valence-electron chi connectivity index (χ0n) is 18.0. The quantitative estimate of drug-likeness (QED) is 0.487. The number of Topliss-reactive ketones (excluding diaryl/α,β-unsaturated/α-hetero) is 1. The Labute approximate surface area is 169 Å². The summed E-state index contributed by atoms with van der Waals surface area (Å²) in [6.45, 7) is 14.0. The zero-order valence-corrected chi connectivity index (χ0v) is 18.0. The van der Waals surface area contributed by atoms with Gasteiger partial charge in [-0.3, -0.25) is 9.59 Å². The number of aliphatic hydroxyl groups excluding tert-OH is 3. The van der Waals surface area contributed by atoms with Crippen molar-refractivity contribution in [3.05, 3.63) is 12.7 Å². The van der Waals surface area contributed by atoms with Crippen LogP contribution < -0.4 is 0 Å². The Hall–Kier alpha value is -1.24. The SMILES string of the molecule is C=CC[C@H]1OC(=O)[C@H](C)[C@@H](O)[C@H](C)[C@@H](O)[C@@H](C)C[C@@H](C)C(=O)[C@H](C)[C@@H](O)[C@H]1C.